The van der Waals surface area contributed by atoms with E-state index >= 15 is 0 Å². The molecule has 5 heteroatoms. The number of rotatable bonds is 7. The average molecular weight is 472 g/mol. The van der Waals surface area contributed by atoms with Crippen LogP contribution in [0.2, 0.25) is 0 Å². The van der Waals surface area contributed by atoms with Crippen LogP contribution in [0.1, 0.15) is 58.6 Å². The quantitative estimate of drug-likeness (QED) is 0.385. The molecule has 1 amide bonds. The van der Waals surface area contributed by atoms with Gasteiger partial charge in [-0.05, 0) is 73.8 Å². The van der Waals surface area contributed by atoms with Crippen LogP contribution in [0.15, 0.2) is 66.7 Å². The number of aliphatic hydroxyl groups is 1. The van der Waals surface area contributed by atoms with Crippen LogP contribution < -0.4 is 10.1 Å². The van der Waals surface area contributed by atoms with Gasteiger partial charge >= 0.3 is 5.97 Å². The summed E-state index contributed by atoms with van der Waals surface area (Å²) in [6.07, 6.45) is 3.24. The Labute approximate surface area is 207 Å². The maximum atomic E-state index is 13.8. The van der Waals surface area contributed by atoms with Crippen LogP contribution in [0.4, 0.5) is 0 Å². The van der Waals surface area contributed by atoms with Gasteiger partial charge in [0.25, 0.3) is 0 Å². The first kappa shape index (κ1) is 24.7. The Kier molecular flexibility index (Phi) is 7.37. The predicted molar refractivity (Wildman–Crippen MR) is 137 cm³/mol. The molecule has 1 unspecified atom stereocenters. The maximum Gasteiger partial charge on any atom is 0.337 e. The van der Waals surface area contributed by atoms with Crippen molar-refractivity contribution in [1.29, 1.82) is 0 Å². The Bertz CT molecular complexity index is 1150. The van der Waals surface area contributed by atoms with Crippen LogP contribution in [0.3, 0.4) is 0 Å². The average Bonchev–Trinajstić information content (AvgIpc) is 2.88. The topological polar surface area (TPSA) is 75.6 Å². The third-order valence-electron chi connectivity index (χ3n) is 7.20. The third kappa shape index (κ3) is 4.87. The minimum absolute atomic E-state index is 0.0415. The first-order valence-corrected chi connectivity index (χ1v) is 12.2. The highest BCUT2D eigenvalue weighted by molar-refractivity contribution is 5.92. The minimum Gasteiger partial charge on any atom is -0.425 e. The van der Waals surface area contributed by atoms with Gasteiger partial charge in [-0.25, -0.2) is 4.79 Å². The Morgan fingerprint density at radius 1 is 0.971 bits per heavy atom. The molecule has 0 saturated carbocycles. The molecule has 0 aliphatic heterocycles. The zero-order valence-corrected chi connectivity index (χ0v) is 20.6. The molecule has 1 atom stereocenters. The predicted octanol–water partition coefficient (Wildman–Crippen LogP) is 4.74. The number of fused-ring (bicyclic) bond motifs is 1. The molecule has 0 spiro atoms. The van der Waals surface area contributed by atoms with E-state index in [4.69, 9.17) is 9.84 Å². The van der Waals surface area contributed by atoms with E-state index in [2.05, 4.69) is 59.9 Å². The van der Waals surface area contributed by atoms with Gasteiger partial charge < -0.3 is 15.2 Å². The number of likely N-dealkylation sites (N-methyl/N-ethyl adjacent to an activating group) is 1. The second kappa shape index (κ2) is 10.4. The van der Waals surface area contributed by atoms with Crippen LogP contribution >= 0.6 is 0 Å². The summed E-state index contributed by atoms with van der Waals surface area (Å²) in [6, 6.07) is 22.2. The monoisotopic (exact) mass is 471 g/mol. The van der Waals surface area contributed by atoms with Gasteiger partial charge in [-0.2, -0.15) is 0 Å². The van der Waals surface area contributed by atoms with E-state index in [1.54, 1.807) is 13.1 Å². The third-order valence-corrected chi connectivity index (χ3v) is 7.20. The molecule has 4 rings (SSSR count). The van der Waals surface area contributed by atoms with Crippen molar-refractivity contribution < 1.29 is 19.4 Å². The van der Waals surface area contributed by atoms with Crippen LogP contribution in [-0.4, -0.2) is 30.6 Å². The number of carbonyl (C=O) groups is 2. The van der Waals surface area contributed by atoms with E-state index in [0.29, 0.717) is 12.2 Å². The fraction of sp³-hybridized carbons (Fsp3) is 0.333. The molecule has 0 aromatic heterocycles. The number of hydrogen-bond donors (Lipinski definition) is 2. The van der Waals surface area contributed by atoms with Crippen molar-refractivity contribution in [3.05, 3.63) is 100 Å². The summed E-state index contributed by atoms with van der Waals surface area (Å²) in [5.41, 5.74) is 5.41. The molecular weight excluding hydrogens is 438 g/mol. The first-order valence-electron chi connectivity index (χ1n) is 12.2. The molecule has 0 fully saturated rings. The molecule has 3 aromatic rings. The number of hydrogen-bond acceptors (Lipinski definition) is 4. The summed E-state index contributed by atoms with van der Waals surface area (Å²) in [5.74, 6) is -0.117. The zero-order valence-electron chi connectivity index (χ0n) is 20.6. The van der Waals surface area contributed by atoms with Crippen LogP contribution in [-0.2, 0) is 21.4 Å². The second-order valence-electron chi connectivity index (χ2n) is 9.47. The van der Waals surface area contributed by atoms with Gasteiger partial charge in [0.1, 0.15) is 12.4 Å². The highest BCUT2D eigenvalue weighted by Gasteiger charge is 2.44. The molecular formula is C30H33NO4. The van der Waals surface area contributed by atoms with Crippen molar-refractivity contribution in [3.63, 3.8) is 0 Å². The van der Waals surface area contributed by atoms with E-state index < -0.39 is 18.0 Å². The number of aliphatic hydroxyl groups excluding tert-OH is 1. The maximum absolute atomic E-state index is 13.8. The summed E-state index contributed by atoms with van der Waals surface area (Å²) in [5, 5.41) is 12.1. The first-order chi connectivity index (χ1) is 16.9. The van der Waals surface area contributed by atoms with E-state index in [-0.39, 0.29) is 11.8 Å². The van der Waals surface area contributed by atoms with Crippen molar-refractivity contribution in [2.75, 3.05) is 13.7 Å². The molecule has 35 heavy (non-hydrogen) atoms. The Morgan fingerprint density at radius 2 is 1.57 bits per heavy atom. The molecule has 182 valence electrons. The van der Waals surface area contributed by atoms with Gasteiger partial charge in [-0.15, -0.1) is 0 Å². The molecule has 2 N–H and O–H groups in total. The molecule has 0 radical (unpaired) electrons. The Balaban J connectivity index is 1.85. The lowest BCUT2D eigenvalue weighted by atomic mass is 9.65. The molecule has 0 bridgehead atoms. The fourth-order valence-corrected chi connectivity index (χ4v) is 5.39. The summed E-state index contributed by atoms with van der Waals surface area (Å²) in [7, 11) is 1.70. The van der Waals surface area contributed by atoms with Crippen molar-refractivity contribution in [1.82, 2.24) is 5.32 Å². The van der Waals surface area contributed by atoms with Gasteiger partial charge in [-0.3, -0.25) is 4.79 Å². The van der Waals surface area contributed by atoms with Crippen molar-refractivity contribution >= 4 is 11.9 Å². The zero-order chi connectivity index (χ0) is 25.0. The number of benzene rings is 3. The lowest BCUT2D eigenvalue weighted by Crippen LogP contribution is -2.45. The standard InChI is InChI=1S/C30H33NO4/c1-20-10-14-23(15-11-20)30(29(34)31-3,24-16-12-21(2)13-17-24)18-22-6-4-8-26-25(22)7-5-9-27(26)35-28(33)19-32/h5,7,9-17,22,32H,4,6,8,18-19H2,1-3H3,(H,31,34). The molecule has 1 aliphatic carbocycles. The number of ether oxygens (including phenoxy) is 1. The van der Waals surface area contributed by atoms with Gasteiger partial charge in [0.15, 0.2) is 0 Å². The smallest absolute Gasteiger partial charge is 0.337 e. The van der Waals surface area contributed by atoms with E-state index in [1.807, 2.05) is 19.9 Å². The number of nitrogens with one attached hydrogen (secondary N) is 1. The second-order valence-corrected chi connectivity index (χ2v) is 9.47. The van der Waals surface area contributed by atoms with Crippen LogP contribution in [0.25, 0.3) is 0 Å². The normalized spacial score (nSPS) is 15.3. The SMILES string of the molecule is CNC(=O)C(CC1CCCc2c(OC(=O)CO)cccc21)(c1ccc(C)cc1)c1ccc(C)cc1. The van der Waals surface area contributed by atoms with Gasteiger partial charge in [-0.1, -0.05) is 71.8 Å². The lowest BCUT2D eigenvalue weighted by Gasteiger charge is -2.38. The lowest BCUT2D eigenvalue weighted by molar-refractivity contribution is -0.137. The van der Waals surface area contributed by atoms with Gasteiger partial charge in [0.2, 0.25) is 5.91 Å². The summed E-state index contributed by atoms with van der Waals surface area (Å²) in [4.78, 5) is 25.6. The Hall–Kier alpha value is -3.44. The summed E-state index contributed by atoms with van der Waals surface area (Å²) < 4.78 is 5.44. The van der Waals surface area contributed by atoms with E-state index in [9.17, 15) is 9.59 Å². The number of amides is 1. The largest absolute Gasteiger partial charge is 0.425 e. The van der Waals surface area contributed by atoms with Crippen LogP contribution in [0, 0.1) is 13.8 Å². The molecule has 1 aliphatic rings. The highest BCUT2D eigenvalue weighted by Crippen LogP contribution is 2.47. The Morgan fingerprint density at radius 3 is 2.11 bits per heavy atom. The summed E-state index contributed by atoms with van der Waals surface area (Å²) >= 11 is 0. The van der Waals surface area contributed by atoms with Crippen molar-refractivity contribution in [2.24, 2.45) is 0 Å². The molecule has 3 aromatic carbocycles. The number of aryl methyl sites for hydroxylation is 2. The van der Waals surface area contributed by atoms with Gasteiger partial charge in [0.05, 0.1) is 5.41 Å². The van der Waals surface area contributed by atoms with Crippen molar-refractivity contribution in [3.8, 4) is 5.75 Å². The summed E-state index contributed by atoms with van der Waals surface area (Å²) in [6.45, 7) is 3.43. The molecule has 0 saturated heterocycles. The van der Waals surface area contributed by atoms with E-state index in [1.165, 1.54) is 0 Å². The van der Waals surface area contributed by atoms with Crippen molar-refractivity contribution in [2.45, 2.75) is 50.9 Å². The minimum atomic E-state index is -0.882. The van der Waals surface area contributed by atoms with Crippen LogP contribution in [0.5, 0.6) is 5.75 Å². The van der Waals surface area contributed by atoms with E-state index in [0.717, 1.165) is 52.6 Å². The molecule has 0 heterocycles. The molecule has 5 nitrogen and oxygen atoms in total. The van der Waals surface area contributed by atoms with Gasteiger partial charge in [0, 0.05) is 7.05 Å². The highest BCUT2D eigenvalue weighted by atomic mass is 16.5. The number of esters is 1. The fourth-order valence-electron chi connectivity index (χ4n) is 5.39. The number of carbonyl (C=O) groups excluding carboxylic acids is 2.